The van der Waals surface area contributed by atoms with Crippen LogP contribution in [0.5, 0.6) is 17.2 Å². The van der Waals surface area contributed by atoms with Gasteiger partial charge in [-0.1, -0.05) is 22.7 Å². The number of benzene rings is 5. The van der Waals surface area contributed by atoms with E-state index < -0.39 is 0 Å². The highest BCUT2D eigenvalue weighted by Gasteiger charge is 2.20. The van der Waals surface area contributed by atoms with Gasteiger partial charge in [0.1, 0.15) is 72.2 Å². The molecule has 0 amide bonds. The van der Waals surface area contributed by atoms with E-state index in [9.17, 15) is 32.8 Å². The van der Waals surface area contributed by atoms with Gasteiger partial charge in [0.15, 0.2) is 0 Å². The van der Waals surface area contributed by atoms with Gasteiger partial charge in [0.25, 0.3) is 27.8 Å². The molecule has 0 radical (unpaired) electrons. The molecule has 111 heavy (non-hydrogen) atoms. The quantitative estimate of drug-likeness (QED) is 0.0820. The maximum Gasteiger partial charge on any atom is 0.260 e. The number of oxazole rings is 1. The van der Waals surface area contributed by atoms with E-state index in [2.05, 4.69) is 34.9 Å². The molecule has 5 aromatic carbocycles. The molecule has 0 spiro atoms. The summed E-state index contributed by atoms with van der Waals surface area (Å²) in [5.41, 5.74) is 8.71. The Morgan fingerprint density at radius 3 is 1.38 bits per heavy atom. The summed E-state index contributed by atoms with van der Waals surface area (Å²) in [7, 11) is 1.64. The number of rotatable bonds is 17. The van der Waals surface area contributed by atoms with Crippen LogP contribution in [0.25, 0.3) is 59.9 Å². The summed E-state index contributed by atoms with van der Waals surface area (Å²) in [4.78, 5) is 95.0. The van der Waals surface area contributed by atoms with E-state index in [0.717, 1.165) is 83.9 Å². The lowest BCUT2D eigenvalue weighted by Gasteiger charge is -2.29. The zero-order valence-electron chi connectivity index (χ0n) is 64.7. The lowest BCUT2D eigenvalue weighted by atomic mass is 10.2. The summed E-state index contributed by atoms with van der Waals surface area (Å²) in [5.74, 6) is 4.87. The molecule has 0 aliphatic carbocycles. The third kappa shape index (κ3) is 20.2. The van der Waals surface area contributed by atoms with E-state index in [-0.39, 0.29) is 39.4 Å². The first-order valence-electron chi connectivity index (χ1n) is 35.9. The fraction of sp³-hybridized carbons (Fsp3) is 0.277. The summed E-state index contributed by atoms with van der Waals surface area (Å²) in [5, 5.41) is 3.32. The van der Waals surface area contributed by atoms with Crippen molar-refractivity contribution in [1.29, 1.82) is 0 Å². The number of ether oxygens (including phenoxy) is 4. The second-order valence-corrected chi connectivity index (χ2v) is 27.6. The van der Waals surface area contributed by atoms with Gasteiger partial charge in [-0.25, -0.2) is 48.2 Å². The average molecular weight is 1540 g/mol. The number of thiazole rings is 2. The minimum absolute atomic E-state index is 0.00414. The highest BCUT2D eigenvalue weighted by atomic mass is 32.1. The molecule has 0 bridgehead atoms. The maximum absolute atomic E-state index is 14.4. The molecule has 0 unspecified atom stereocenters. The van der Waals surface area contributed by atoms with Crippen LogP contribution in [0.2, 0.25) is 0 Å². The Kier molecular flexibility index (Phi) is 27.4. The maximum atomic E-state index is 14.4. The Hall–Kier alpha value is -12.1. The van der Waals surface area contributed by atoms with Crippen molar-refractivity contribution in [2.24, 2.45) is 0 Å². The molecule has 28 heteroatoms. The molecule has 14 rings (SSSR count). The van der Waals surface area contributed by atoms with E-state index in [0.29, 0.717) is 114 Å². The third-order valence-electron chi connectivity index (χ3n) is 17.3. The molecule has 1 aliphatic rings. The van der Waals surface area contributed by atoms with Crippen LogP contribution in [0.3, 0.4) is 0 Å². The van der Waals surface area contributed by atoms with Crippen LogP contribution in [0, 0.1) is 80.9 Å². The summed E-state index contributed by atoms with van der Waals surface area (Å²) in [6.07, 6.45) is 6.82. The first-order chi connectivity index (χ1) is 53.3. The van der Waals surface area contributed by atoms with E-state index in [1.165, 1.54) is 79.0 Å². The van der Waals surface area contributed by atoms with Crippen LogP contribution < -0.4 is 51.8 Å². The highest BCUT2D eigenvalue weighted by Crippen LogP contribution is 2.32. The lowest BCUT2D eigenvalue weighted by molar-refractivity contribution is 0.122. The molecule has 1 aliphatic heterocycles. The van der Waals surface area contributed by atoms with Crippen LogP contribution in [0.15, 0.2) is 193 Å². The molecule has 13 aromatic rings. The molecule has 576 valence electrons. The van der Waals surface area contributed by atoms with Crippen LogP contribution in [0.4, 0.5) is 20.2 Å². The number of pyridine rings is 1. The van der Waals surface area contributed by atoms with Crippen molar-refractivity contribution in [3.8, 4) is 77.1 Å². The Morgan fingerprint density at radius 1 is 0.477 bits per heavy atom. The van der Waals surface area contributed by atoms with E-state index in [1.54, 1.807) is 94.4 Å². The zero-order valence-corrected chi connectivity index (χ0v) is 66.3. The number of morpholine rings is 1. The van der Waals surface area contributed by atoms with Gasteiger partial charge in [-0.15, -0.1) is 0 Å². The fourth-order valence-electron chi connectivity index (χ4n) is 12.3. The molecule has 24 nitrogen and oxygen atoms in total. The van der Waals surface area contributed by atoms with Gasteiger partial charge in [0, 0.05) is 114 Å². The Morgan fingerprint density at radius 2 is 0.919 bits per heavy atom. The molecule has 0 saturated carbocycles. The van der Waals surface area contributed by atoms with Gasteiger partial charge in [0.05, 0.1) is 74.9 Å². The fourth-order valence-corrected chi connectivity index (χ4v) is 14.2. The monoisotopic (exact) mass is 1540 g/mol. The lowest BCUT2D eigenvalue weighted by Crippen LogP contribution is -2.36. The zero-order chi connectivity index (χ0) is 79.7. The SMILES string of the molecule is CCN(CC)c1ccc(-n2c(C)nc(C)cc2=O)cc1F.CCOc1ccc(-c2ncc(-n3c(C)nc(C)cc3=O)o2)cc1.CCOc1ccc(-c2ncc(-n3c(C)nc(C)cc3=O)s2)cc1.COc1ccc(-c2ncc(-n3cc(C)cc(C)c3=O)s2)cc1.Cc1cc(=O)n(-c2ccc(N3CCOCC3)c(F)c2)c(C)n1. The van der Waals surface area contributed by atoms with Gasteiger partial charge in [0.2, 0.25) is 11.8 Å². The van der Waals surface area contributed by atoms with Crippen molar-refractivity contribution in [3.63, 3.8) is 0 Å². The van der Waals surface area contributed by atoms with Gasteiger partial charge in [-0.2, -0.15) is 0 Å². The Labute approximate surface area is 648 Å². The van der Waals surface area contributed by atoms with Crippen molar-refractivity contribution in [2.45, 2.75) is 96.9 Å². The van der Waals surface area contributed by atoms with Crippen molar-refractivity contribution >= 4 is 34.0 Å². The summed E-state index contributed by atoms with van der Waals surface area (Å²) >= 11 is 2.96. The third-order valence-corrected chi connectivity index (χ3v) is 19.4. The first kappa shape index (κ1) is 81.4. The van der Waals surface area contributed by atoms with Gasteiger partial charge < -0.3 is 33.2 Å². The molecular formula is C83H88F2N14O10S2. The number of anilines is 2. The number of methoxy groups -OCH3 is 1. The number of hydrogen-bond acceptors (Lipinski definition) is 21. The van der Waals surface area contributed by atoms with Crippen molar-refractivity contribution in [2.75, 3.05) is 69.5 Å². The van der Waals surface area contributed by atoms with E-state index in [4.69, 9.17) is 23.4 Å². The predicted molar refractivity (Wildman–Crippen MR) is 432 cm³/mol. The summed E-state index contributed by atoms with van der Waals surface area (Å²) < 4.78 is 63.3. The van der Waals surface area contributed by atoms with Crippen molar-refractivity contribution in [1.82, 2.24) is 57.7 Å². The smallest absolute Gasteiger partial charge is 0.260 e. The Balaban J connectivity index is 0.000000147. The van der Waals surface area contributed by atoms with Crippen LogP contribution in [0.1, 0.15) is 84.9 Å². The second kappa shape index (κ2) is 37.3. The molecule has 1 fully saturated rings. The number of nitrogens with zero attached hydrogens (tertiary/aromatic N) is 14. The molecule has 9 heterocycles. The number of hydrogen-bond donors (Lipinski definition) is 0. The molecule has 8 aromatic heterocycles. The number of halogens is 2. The molecule has 0 atom stereocenters. The van der Waals surface area contributed by atoms with Crippen LogP contribution in [-0.4, -0.2) is 117 Å². The molecular weight excluding hydrogens is 1460 g/mol. The normalized spacial score (nSPS) is 11.6. The van der Waals surface area contributed by atoms with E-state index >= 15 is 0 Å². The van der Waals surface area contributed by atoms with Crippen LogP contribution in [-0.2, 0) is 4.74 Å². The average Bonchev–Trinajstić information content (AvgIpc) is 1.24. The first-order valence-corrected chi connectivity index (χ1v) is 37.6. The predicted octanol–water partition coefficient (Wildman–Crippen LogP) is 14.5. The topological polar surface area (TPSA) is 257 Å². The van der Waals surface area contributed by atoms with Crippen molar-refractivity contribution in [3.05, 3.63) is 285 Å². The number of aromatic nitrogens is 12. The van der Waals surface area contributed by atoms with Crippen molar-refractivity contribution < 1.29 is 32.1 Å². The minimum atomic E-state index is -0.341. The second-order valence-electron chi connectivity index (χ2n) is 25.5. The highest BCUT2D eigenvalue weighted by molar-refractivity contribution is 7.17. The minimum Gasteiger partial charge on any atom is -0.497 e. The van der Waals surface area contributed by atoms with Crippen LogP contribution >= 0.6 is 22.7 Å². The largest absolute Gasteiger partial charge is 0.497 e. The summed E-state index contributed by atoms with van der Waals surface area (Å²) in [6.45, 7) is 31.1. The van der Waals surface area contributed by atoms with E-state index in [1.807, 2.05) is 150 Å². The van der Waals surface area contributed by atoms with Gasteiger partial charge in [-0.3, -0.25) is 42.2 Å². The van der Waals surface area contributed by atoms with Gasteiger partial charge >= 0.3 is 0 Å². The Bertz CT molecular complexity index is 5550. The van der Waals surface area contributed by atoms with Gasteiger partial charge in [-0.05, 0) is 206 Å². The number of aryl methyl sites for hydroxylation is 10. The summed E-state index contributed by atoms with van der Waals surface area (Å²) in [6, 6.07) is 40.4. The molecule has 1 saturated heterocycles. The standard InChI is InChI=1S/C17H17N3O3.C17H17N3O2S.C17H16N2O2S.C16H18FN3O2.C16H20FN3O/c2*1-4-22-14-7-5-13(6-8-14)17-18-10-16(23-17)20-12(3)19-11(2)9-15(20)21;1-11-8-12(2)17(20)19(10-11)15-9-18-16(22-15)13-4-6-14(21-3)7-5-13;1-11-9-16(21)20(12(2)18-11)13-3-4-15(14(17)10-13)19-5-7-22-8-6-19;1-5-19(6-2)15-8-7-13(10-14(15)17)20-12(4)18-11(3)9-16(20)21/h2*5-10H,4H2,1-3H3;4-10H,1-3H3;3-4,9-10H,5-8H2,1-2H3;7-10H,5-6H2,1-4H3. The molecule has 0 N–H and O–H groups in total.